The zero-order chi connectivity index (χ0) is 50.5. The molecule has 68 heavy (non-hydrogen) atoms. The van der Waals surface area contributed by atoms with Crippen LogP contribution in [-0.2, 0) is 50.7 Å². The monoisotopic (exact) mass is 1050 g/mol. The molecule has 0 bridgehead atoms. The molecule has 2 aromatic rings. The predicted molar refractivity (Wildman–Crippen MR) is 251 cm³/mol. The van der Waals surface area contributed by atoms with Crippen molar-refractivity contribution in [2.45, 2.75) is 161 Å². The Labute approximate surface area is 401 Å². The van der Waals surface area contributed by atoms with Gasteiger partial charge in [0.15, 0.2) is 22.8 Å². The second kappa shape index (κ2) is 29.2. The van der Waals surface area contributed by atoms with Crippen LogP contribution in [0.25, 0.3) is 11.2 Å². The van der Waals surface area contributed by atoms with E-state index in [9.17, 15) is 57.9 Å². The smallest absolute Gasteiger partial charge is 0.386 e. The molecule has 3 rings (SSSR count). The van der Waals surface area contributed by atoms with Crippen LogP contribution in [0.5, 0.6) is 0 Å². The van der Waals surface area contributed by atoms with Gasteiger partial charge in [0.05, 0.1) is 19.5 Å². The van der Waals surface area contributed by atoms with E-state index in [1.807, 2.05) is 0 Å². The highest BCUT2D eigenvalue weighted by Gasteiger charge is 2.50. The normalized spacial score (nSPS) is 20.4. The first-order valence-electron chi connectivity index (χ1n) is 23.0. The number of nitrogens with zero attached hydrogens (tertiary/aromatic N) is 4. The van der Waals surface area contributed by atoms with Gasteiger partial charge in [-0.1, -0.05) is 123 Å². The molecule has 10 N–H and O–H groups in total. The molecule has 3 heterocycles. The van der Waals surface area contributed by atoms with Crippen molar-refractivity contribution in [1.82, 2.24) is 30.2 Å². The maximum atomic E-state index is 12.8. The summed E-state index contributed by atoms with van der Waals surface area (Å²) in [5.41, 5.74) is 4.29. The number of hydrogen-bond acceptors (Lipinski definition) is 18. The third kappa shape index (κ3) is 21.9. The average molecular weight is 1050 g/mol. The largest absolute Gasteiger partial charge is 0.481 e. The molecule has 2 aromatic heterocycles. The number of carbonyl (C=O) groups excluding carboxylic acids is 3. The molecule has 1 saturated heterocycles. The summed E-state index contributed by atoms with van der Waals surface area (Å²) >= 11 is 1.16. The number of nitrogens with two attached hydrogens (primary N) is 1. The topological polar surface area (TPSA) is 364 Å². The number of unbranched alkanes of at least 4 members (excludes halogenated alkanes) is 11. The van der Waals surface area contributed by atoms with Crippen molar-refractivity contribution >= 4 is 69.1 Å². The molecule has 8 atom stereocenters. The minimum absolute atomic E-state index is 0.0338. The molecule has 28 heteroatoms. The third-order valence-corrected chi connectivity index (χ3v) is 15.2. The lowest BCUT2D eigenvalue weighted by atomic mass is 9.87. The number of phosphoric ester groups is 3. The Hall–Kier alpha value is -2.44. The average Bonchev–Trinajstić information content (AvgIpc) is 3.82. The van der Waals surface area contributed by atoms with E-state index >= 15 is 0 Å². The number of nitrogens with one attached hydrogen (secondary N) is 2. The Balaban J connectivity index is 1.31. The maximum absolute atomic E-state index is 12.8. The predicted octanol–water partition coefficient (Wildman–Crippen LogP) is 5.17. The van der Waals surface area contributed by atoms with Gasteiger partial charge in [-0.2, -0.15) is 4.31 Å². The number of phosphoric acid groups is 3. The lowest BCUT2D eigenvalue weighted by molar-refractivity contribution is -0.137. The highest BCUT2D eigenvalue weighted by molar-refractivity contribution is 8.13. The molecule has 0 aliphatic carbocycles. The molecule has 1 aliphatic heterocycles. The Morgan fingerprint density at radius 2 is 1.50 bits per heavy atom. The summed E-state index contributed by atoms with van der Waals surface area (Å²) < 4.78 is 62.5. The highest BCUT2D eigenvalue weighted by atomic mass is 32.2. The van der Waals surface area contributed by atoms with Crippen LogP contribution in [0.15, 0.2) is 12.7 Å². The standard InChI is InChI=1S/C40H72N7O17P3S/c1-5-6-7-8-9-10-11-12-13-14-15-16-17-28(2)18-19-31(49)68-23-22-42-30(48)20-21-43-38(52)35(51)40(3,4)25-61-67(58,59)64-66(56,57)60-24-29-34(63-65(53,54)55)33(50)39(62-29)47-27-46-32-36(41)44-26-45-37(32)47/h26-29,33-35,39,50-51H,5-25H2,1-4H3,(H,42,48)(H,43,52)(H,56,57)(H,58,59)(H2,41,44,45)(H2,53,54,55). The second-order valence-corrected chi connectivity index (χ2v) is 23.0. The van der Waals surface area contributed by atoms with Gasteiger partial charge in [0.25, 0.3) is 0 Å². The van der Waals surface area contributed by atoms with Crippen LogP contribution in [0.3, 0.4) is 0 Å². The van der Waals surface area contributed by atoms with Gasteiger partial charge in [-0.15, -0.1) is 0 Å². The number of imidazole rings is 1. The molecule has 1 aliphatic rings. The summed E-state index contributed by atoms with van der Waals surface area (Å²) in [5, 5.41) is 26.7. The van der Waals surface area contributed by atoms with Crippen molar-refractivity contribution < 1.29 is 80.5 Å². The summed E-state index contributed by atoms with van der Waals surface area (Å²) in [6.07, 6.45) is 11.2. The van der Waals surface area contributed by atoms with Crippen molar-refractivity contribution in [2.24, 2.45) is 11.3 Å². The lowest BCUT2D eigenvalue weighted by Crippen LogP contribution is -2.46. The Bertz CT molecular complexity index is 2030. The molecule has 0 spiro atoms. The number of nitrogen functional groups attached to an aromatic ring is 1. The third-order valence-electron chi connectivity index (χ3n) is 11.2. The zero-order valence-corrected chi connectivity index (χ0v) is 42.8. The van der Waals surface area contributed by atoms with Crippen molar-refractivity contribution in [3.63, 3.8) is 0 Å². The highest BCUT2D eigenvalue weighted by Crippen LogP contribution is 2.61. The molecule has 2 amide bonds. The van der Waals surface area contributed by atoms with Gasteiger partial charge in [-0.05, 0) is 12.3 Å². The first-order chi connectivity index (χ1) is 31.9. The summed E-state index contributed by atoms with van der Waals surface area (Å²) in [4.78, 5) is 88.6. The summed E-state index contributed by atoms with van der Waals surface area (Å²) in [7, 11) is -16.4. The molecule has 24 nitrogen and oxygen atoms in total. The van der Waals surface area contributed by atoms with Crippen LogP contribution in [0, 0.1) is 11.3 Å². The number of amides is 2. The van der Waals surface area contributed by atoms with E-state index in [0.29, 0.717) is 18.1 Å². The number of aromatic nitrogens is 4. The fourth-order valence-electron chi connectivity index (χ4n) is 7.21. The first kappa shape index (κ1) is 59.9. The molecule has 0 aromatic carbocycles. The number of fused-ring (bicyclic) bond motifs is 1. The van der Waals surface area contributed by atoms with Gasteiger partial charge in [-0.3, -0.25) is 32.5 Å². The van der Waals surface area contributed by atoms with E-state index in [1.165, 1.54) is 90.9 Å². The van der Waals surface area contributed by atoms with Gasteiger partial charge in [0, 0.05) is 37.1 Å². The minimum Gasteiger partial charge on any atom is -0.386 e. The van der Waals surface area contributed by atoms with E-state index in [-0.39, 0.29) is 41.6 Å². The number of aliphatic hydroxyl groups is 2. The molecule has 8 unspecified atom stereocenters. The van der Waals surface area contributed by atoms with E-state index in [0.717, 1.165) is 41.8 Å². The van der Waals surface area contributed by atoms with Crippen molar-refractivity contribution in [3.8, 4) is 0 Å². The Morgan fingerprint density at radius 1 is 0.882 bits per heavy atom. The number of rotatable bonds is 35. The first-order valence-corrected chi connectivity index (χ1v) is 28.5. The zero-order valence-electron chi connectivity index (χ0n) is 39.3. The van der Waals surface area contributed by atoms with Gasteiger partial charge in [0.2, 0.25) is 11.8 Å². The van der Waals surface area contributed by atoms with Gasteiger partial charge in [-0.25, -0.2) is 28.6 Å². The summed E-state index contributed by atoms with van der Waals surface area (Å²) in [5.74, 6) is -0.554. The Morgan fingerprint density at radius 3 is 2.13 bits per heavy atom. The Kier molecular flexibility index (Phi) is 25.7. The number of carbonyl (C=O) groups is 3. The van der Waals surface area contributed by atoms with Crippen LogP contribution in [-0.4, -0.2) is 123 Å². The quantitative estimate of drug-likeness (QED) is 0.0317. The fourth-order valence-corrected chi connectivity index (χ4v) is 10.7. The number of anilines is 1. The molecular formula is C40H72N7O17P3S. The lowest BCUT2D eigenvalue weighted by Gasteiger charge is -2.30. The van der Waals surface area contributed by atoms with Crippen LogP contribution < -0.4 is 16.4 Å². The van der Waals surface area contributed by atoms with Gasteiger partial charge < -0.3 is 50.9 Å². The van der Waals surface area contributed by atoms with Crippen LogP contribution >= 0.6 is 35.2 Å². The van der Waals surface area contributed by atoms with Crippen molar-refractivity contribution in [2.75, 3.05) is 37.8 Å². The van der Waals surface area contributed by atoms with Gasteiger partial charge in [0.1, 0.15) is 36.3 Å². The van der Waals surface area contributed by atoms with Crippen LogP contribution in [0.1, 0.15) is 137 Å². The molecule has 390 valence electrons. The van der Waals surface area contributed by atoms with E-state index < -0.39 is 84.6 Å². The minimum atomic E-state index is -5.58. The van der Waals surface area contributed by atoms with Crippen LogP contribution in [0.4, 0.5) is 5.82 Å². The second-order valence-electron chi connectivity index (χ2n) is 17.6. The van der Waals surface area contributed by atoms with Crippen molar-refractivity contribution in [1.29, 1.82) is 0 Å². The SMILES string of the molecule is CCCCCCCCCCCCCCC(C)CCC(=O)SCCNC(=O)CCNC(=O)C(O)C(C)(C)COP(=O)(O)OP(=O)(O)OCC1OC(n2cnc3c(N)ncnc32)C(O)C1OP(=O)(O)O. The summed E-state index contributed by atoms with van der Waals surface area (Å²) in [6, 6.07) is 0. The number of aliphatic hydroxyl groups excluding tert-OH is 2. The summed E-state index contributed by atoms with van der Waals surface area (Å²) in [6.45, 7) is 4.99. The van der Waals surface area contributed by atoms with Crippen LogP contribution in [0.2, 0.25) is 0 Å². The number of ether oxygens (including phenoxy) is 1. The molecule has 0 saturated carbocycles. The van der Waals surface area contributed by atoms with E-state index in [4.69, 9.17) is 19.5 Å². The molecular weight excluding hydrogens is 975 g/mol. The van der Waals surface area contributed by atoms with E-state index in [2.05, 4.69) is 48.3 Å². The molecule has 0 radical (unpaired) electrons. The molecule has 1 fully saturated rings. The fraction of sp³-hybridized carbons (Fsp3) is 0.800. The number of thioether (sulfide) groups is 1. The van der Waals surface area contributed by atoms with Gasteiger partial charge >= 0.3 is 23.5 Å². The maximum Gasteiger partial charge on any atom is 0.481 e. The van der Waals surface area contributed by atoms with E-state index in [1.54, 1.807) is 0 Å². The number of hydrogen-bond donors (Lipinski definition) is 9. The van der Waals surface area contributed by atoms with Crippen molar-refractivity contribution in [3.05, 3.63) is 12.7 Å².